The Morgan fingerprint density at radius 2 is 2.21 bits per heavy atom. The van der Waals surface area contributed by atoms with Crippen molar-refractivity contribution in [2.45, 2.75) is 26.4 Å². The van der Waals surface area contributed by atoms with Crippen LogP contribution >= 0.6 is 11.3 Å². The molecule has 0 saturated heterocycles. The van der Waals surface area contributed by atoms with Crippen molar-refractivity contribution in [1.29, 1.82) is 0 Å². The highest BCUT2D eigenvalue weighted by Crippen LogP contribution is 2.27. The topological polar surface area (TPSA) is 34.1 Å². The molecular formula is C14H17FN2OS. The molecule has 19 heavy (non-hydrogen) atoms. The smallest absolute Gasteiger partial charge is 0.165 e. The monoisotopic (exact) mass is 280 g/mol. The van der Waals surface area contributed by atoms with Crippen molar-refractivity contribution < 1.29 is 9.13 Å². The lowest BCUT2D eigenvalue weighted by Crippen LogP contribution is -2.21. The molecule has 0 spiro atoms. The van der Waals surface area contributed by atoms with Crippen molar-refractivity contribution in [3.05, 3.63) is 35.1 Å². The molecule has 0 aliphatic rings. The molecule has 5 heteroatoms. The van der Waals surface area contributed by atoms with Gasteiger partial charge in [0.1, 0.15) is 5.01 Å². The van der Waals surface area contributed by atoms with E-state index < -0.39 is 0 Å². The minimum absolute atomic E-state index is 0.252. The number of rotatable bonds is 5. The Hall–Kier alpha value is -1.46. The summed E-state index contributed by atoms with van der Waals surface area (Å²) >= 11 is 1.52. The summed E-state index contributed by atoms with van der Waals surface area (Å²) < 4.78 is 18.5. The number of nitrogens with one attached hydrogen (secondary N) is 1. The van der Waals surface area contributed by atoms with E-state index in [9.17, 15) is 4.39 Å². The molecule has 0 aliphatic carbocycles. The lowest BCUT2D eigenvalue weighted by Gasteiger charge is -2.05. The fourth-order valence-electron chi connectivity index (χ4n) is 1.63. The standard InChI is InChI=1S/C14H17FN2OS/c1-9(2)16-7-11-8-19-14(17-11)10-4-5-13(18-3)12(15)6-10/h4-6,8-9,16H,7H2,1-3H3. The molecule has 3 nitrogen and oxygen atoms in total. The van der Waals surface area contributed by atoms with Crippen LogP contribution < -0.4 is 10.1 Å². The Balaban J connectivity index is 2.16. The summed E-state index contributed by atoms with van der Waals surface area (Å²) in [6.45, 7) is 4.91. The van der Waals surface area contributed by atoms with E-state index in [1.54, 1.807) is 6.07 Å². The third kappa shape index (κ3) is 3.52. The predicted octanol–water partition coefficient (Wildman–Crippen LogP) is 3.46. The number of hydrogen-bond donors (Lipinski definition) is 1. The Bertz CT molecular complexity index is 554. The van der Waals surface area contributed by atoms with Gasteiger partial charge in [0.05, 0.1) is 12.8 Å². The first-order chi connectivity index (χ1) is 9.10. The fraction of sp³-hybridized carbons (Fsp3) is 0.357. The van der Waals surface area contributed by atoms with E-state index in [0.717, 1.165) is 22.8 Å². The quantitative estimate of drug-likeness (QED) is 0.910. The SMILES string of the molecule is COc1ccc(-c2nc(CNC(C)C)cs2)cc1F. The van der Waals surface area contributed by atoms with Gasteiger partial charge < -0.3 is 10.1 Å². The first-order valence-corrected chi connectivity index (χ1v) is 7.00. The third-order valence-corrected chi connectivity index (χ3v) is 3.58. The molecule has 0 bridgehead atoms. The normalized spacial score (nSPS) is 11.0. The fourth-order valence-corrected chi connectivity index (χ4v) is 2.45. The Morgan fingerprint density at radius 1 is 1.42 bits per heavy atom. The van der Waals surface area contributed by atoms with Gasteiger partial charge in [-0.25, -0.2) is 9.37 Å². The van der Waals surface area contributed by atoms with Gasteiger partial charge in [0.2, 0.25) is 0 Å². The summed E-state index contributed by atoms with van der Waals surface area (Å²) in [4.78, 5) is 4.50. The molecule has 0 fully saturated rings. The maximum absolute atomic E-state index is 13.6. The number of hydrogen-bond acceptors (Lipinski definition) is 4. The van der Waals surface area contributed by atoms with Crippen molar-refractivity contribution in [3.8, 4) is 16.3 Å². The number of halogens is 1. The highest BCUT2D eigenvalue weighted by molar-refractivity contribution is 7.13. The molecular weight excluding hydrogens is 263 g/mol. The Morgan fingerprint density at radius 3 is 2.84 bits per heavy atom. The maximum atomic E-state index is 13.6. The van der Waals surface area contributed by atoms with Crippen LogP contribution in [0.4, 0.5) is 4.39 Å². The minimum atomic E-state index is -0.364. The number of methoxy groups -OCH3 is 1. The molecule has 0 saturated carbocycles. The Kier molecular flexibility index (Phi) is 4.50. The molecule has 1 aromatic carbocycles. The van der Waals surface area contributed by atoms with E-state index in [2.05, 4.69) is 24.1 Å². The largest absolute Gasteiger partial charge is 0.494 e. The van der Waals surface area contributed by atoms with Crippen LogP contribution in [0.5, 0.6) is 5.75 Å². The zero-order valence-corrected chi connectivity index (χ0v) is 12.1. The average Bonchev–Trinajstić information content (AvgIpc) is 2.85. The second kappa shape index (κ2) is 6.12. The van der Waals surface area contributed by atoms with Gasteiger partial charge in [-0.15, -0.1) is 11.3 Å². The number of nitrogens with zero attached hydrogens (tertiary/aromatic N) is 1. The number of thiazole rings is 1. The van der Waals surface area contributed by atoms with E-state index in [1.165, 1.54) is 24.5 Å². The van der Waals surface area contributed by atoms with Gasteiger partial charge >= 0.3 is 0 Å². The first-order valence-electron chi connectivity index (χ1n) is 6.12. The zero-order chi connectivity index (χ0) is 13.8. The molecule has 1 heterocycles. The van der Waals surface area contributed by atoms with E-state index in [1.807, 2.05) is 11.4 Å². The van der Waals surface area contributed by atoms with Crippen LogP contribution in [0, 0.1) is 5.82 Å². The molecule has 2 rings (SSSR count). The van der Waals surface area contributed by atoms with Crippen LogP contribution in [0.1, 0.15) is 19.5 Å². The van der Waals surface area contributed by atoms with Crippen molar-refractivity contribution >= 4 is 11.3 Å². The van der Waals surface area contributed by atoms with Crippen LogP contribution in [0.2, 0.25) is 0 Å². The van der Waals surface area contributed by atoms with Crippen molar-refractivity contribution in [1.82, 2.24) is 10.3 Å². The van der Waals surface area contributed by atoms with Gasteiger partial charge in [-0.05, 0) is 18.2 Å². The van der Waals surface area contributed by atoms with Gasteiger partial charge in [0.15, 0.2) is 11.6 Å². The van der Waals surface area contributed by atoms with E-state index in [4.69, 9.17) is 4.74 Å². The maximum Gasteiger partial charge on any atom is 0.165 e. The van der Waals surface area contributed by atoms with Gasteiger partial charge in [-0.3, -0.25) is 0 Å². The highest BCUT2D eigenvalue weighted by Gasteiger charge is 2.09. The summed E-state index contributed by atoms with van der Waals surface area (Å²) in [7, 11) is 1.46. The summed E-state index contributed by atoms with van der Waals surface area (Å²) in [5, 5.41) is 6.12. The number of ether oxygens (including phenoxy) is 1. The second-order valence-corrected chi connectivity index (χ2v) is 5.39. The molecule has 0 unspecified atom stereocenters. The minimum Gasteiger partial charge on any atom is -0.494 e. The van der Waals surface area contributed by atoms with E-state index in [0.29, 0.717) is 6.04 Å². The summed E-state index contributed by atoms with van der Waals surface area (Å²) in [5.74, 6) is -0.112. The molecule has 1 N–H and O–H groups in total. The van der Waals surface area contributed by atoms with Crippen LogP contribution in [-0.4, -0.2) is 18.1 Å². The molecule has 2 aromatic rings. The first kappa shape index (κ1) is 14.0. The third-order valence-electron chi connectivity index (χ3n) is 2.64. The van der Waals surface area contributed by atoms with E-state index >= 15 is 0 Å². The van der Waals surface area contributed by atoms with Crippen molar-refractivity contribution in [3.63, 3.8) is 0 Å². The lowest BCUT2D eigenvalue weighted by molar-refractivity contribution is 0.386. The number of benzene rings is 1. The molecule has 102 valence electrons. The average molecular weight is 280 g/mol. The number of aromatic nitrogens is 1. The molecule has 0 aliphatic heterocycles. The second-order valence-electron chi connectivity index (χ2n) is 4.53. The zero-order valence-electron chi connectivity index (χ0n) is 11.2. The van der Waals surface area contributed by atoms with Crippen molar-refractivity contribution in [2.24, 2.45) is 0 Å². The molecule has 1 aromatic heterocycles. The molecule has 0 amide bonds. The molecule has 0 radical (unpaired) electrons. The van der Waals surface area contributed by atoms with Crippen LogP contribution in [-0.2, 0) is 6.54 Å². The van der Waals surface area contributed by atoms with Gasteiger partial charge in [0.25, 0.3) is 0 Å². The van der Waals surface area contributed by atoms with Crippen LogP contribution in [0.3, 0.4) is 0 Å². The Labute approximate surface area is 116 Å². The predicted molar refractivity (Wildman–Crippen MR) is 76.0 cm³/mol. The van der Waals surface area contributed by atoms with Crippen molar-refractivity contribution in [2.75, 3.05) is 7.11 Å². The highest BCUT2D eigenvalue weighted by atomic mass is 32.1. The summed E-state index contributed by atoms with van der Waals surface area (Å²) in [6.07, 6.45) is 0. The summed E-state index contributed by atoms with van der Waals surface area (Å²) in [5.41, 5.74) is 1.75. The van der Waals surface area contributed by atoms with Gasteiger partial charge in [-0.1, -0.05) is 13.8 Å². The van der Waals surface area contributed by atoms with Crippen LogP contribution in [0.15, 0.2) is 23.6 Å². The summed E-state index contributed by atoms with van der Waals surface area (Å²) in [6, 6.07) is 5.32. The van der Waals surface area contributed by atoms with Gasteiger partial charge in [0, 0.05) is 23.5 Å². The van der Waals surface area contributed by atoms with Gasteiger partial charge in [-0.2, -0.15) is 0 Å². The van der Waals surface area contributed by atoms with Crippen LogP contribution in [0.25, 0.3) is 10.6 Å². The molecule has 0 atom stereocenters. The lowest BCUT2D eigenvalue weighted by atomic mass is 10.2. The van der Waals surface area contributed by atoms with E-state index in [-0.39, 0.29) is 11.6 Å².